The SMILES string of the molecule is CN(CC1CCCOC1)c1ccc([N+](=O)[O-])cc1S(C)(=O)=O. The molecule has 0 spiro atoms. The van der Waals surface area contributed by atoms with E-state index in [1.165, 1.54) is 12.1 Å². The van der Waals surface area contributed by atoms with Crippen molar-refractivity contribution in [3.8, 4) is 0 Å². The third-order valence-electron chi connectivity index (χ3n) is 3.75. The van der Waals surface area contributed by atoms with Crippen molar-refractivity contribution in [2.45, 2.75) is 17.7 Å². The molecule has 0 bridgehead atoms. The maximum Gasteiger partial charge on any atom is 0.270 e. The Morgan fingerprint density at radius 1 is 1.45 bits per heavy atom. The third-order valence-corrected chi connectivity index (χ3v) is 4.88. The number of hydrogen-bond acceptors (Lipinski definition) is 6. The summed E-state index contributed by atoms with van der Waals surface area (Å²) in [6, 6.07) is 3.95. The molecule has 2 rings (SSSR count). The zero-order valence-electron chi connectivity index (χ0n) is 12.7. The molecule has 1 fully saturated rings. The Kier molecular flexibility index (Phi) is 5.02. The first-order valence-electron chi connectivity index (χ1n) is 7.06. The molecule has 8 heteroatoms. The van der Waals surface area contributed by atoms with Crippen molar-refractivity contribution < 1.29 is 18.1 Å². The van der Waals surface area contributed by atoms with Crippen molar-refractivity contribution in [3.05, 3.63) is 28.3 Å². The first kappa shape index (κ1) is 16.7. The normalized spacial score (nSPS) is 18.9. The number of non-ortho nitro benzene ring substituents is 1. The standard InChI is InChI=1S/C14H20N2O5S/c1-15(9-11-4-3-7-21-10-11)13-6-5-12(16(17)18)8-14(13)22(2,19)20/h5-6,8,11H,3-4,7,9-10H2,1-2H3. The van der Waals surface area contributed by atoms with Gasteiger partial charge < -0.3 is 9.64 Å². The van der Waals surface area contributed by atoms with Crippen LogP contribution >= 0.6 is 0 Å². The minimum atomic E-state index is -3.55. The summed E-state index contributed by atoms with van der Waals surface area (Å²) < 4.78 is 29.3. The maximum atomic E-state index is 12.0. The minimum Gasteiger partial charge on any atom is -0.381 e. The fourth-order valence-electron chi connectivity index (χ4n) is 2.67. The predicted octanol–water partition coefficient (Wildman–Crippen LogP) is 1.86. The quantitative estimate of drug-likeness (QED) is 0.605. The summed E-state index contributed by atoms with van der Waals surface area (Å²) in [6.07, 6.45) is 3.09. The van der Waals surface area contributed by atoms with E-state index in [9.17, 15) is 18.5 Å². The second-order valence-corrected chi connectivity index (χ2v) is 7.63. The predicted molar refractivity (Wildman–Crippen MR) is 83.0 cm³/mol. The van der Waals surface area contributed by atoms with Crippen molar-refractivity contribution in [1.82, 2.24) is 0 Å². The van der Waals surface area contributed by atoms with E-state index in [2.05, 4.69) is 0 Å². The Bertz CT molecular complexity index is 653. The molecule has 1 atom stereocenters. The number of hydrogen-bond donors (Lipinski definition) is 0. The van der Waals surface area contributed by atoms with E-state index in [-0.39, 0.29) is 10.6 Å². The van der Waals surface area contributed by atoms with Gasteiger partial charge in [0.05, 0.1) is 22.1 Å². The van der Waals surface area contributed by atoms with Crippen molar-refractivity contribution >= 4 is 21.2 Å². The molecule has 22 heavy (non-hydrogen) atoms. The Hall–Kier alpha value is -1.67. The van der Waals surface area contributed by atoms with Gasteiger partial charge in [-0.15, -0.1) is 0 Å². The lowest BCUT2D eigenvalue weighted by molar-refractivity contribution is -0.385. The number of ether oxygens (including phenoxy) is 1. The molecule has 1 aliphatic rings. The lowest BCUT2D eigenvalue weighted by atomic mass is 10.0. The molecule has 0 N–H and O–H groups in total. The Morgan fingerprint density at radius 3 is 2.73 bits per heavy atom. The summed E-state index contributed by atoms with van der Waals surface area (Å²) in [5.74, 6) is 0.335. The lowest BCUT2D eigenvalue weighted by Crippen LogP contribution is -2.31. The van der Waals surface area contributed by atoms with Gasteiger partial charge in [-0.1, -0.05) is 0 Å². The maximum absolute atomic E-state index is 12.0. The highest BCUT2D eigenvalue weighted by atomic mass is 32.2. The molecule has 0 radical (unpaired) electrons. The average Bonchev–Trinajstić information content (AvgIpc) is 2.46. The lowest BCUT2D eigenvalue weighted by Gasteiger charge is -2.29. The number of anilines is 1. The van der Waals surface area contributed by atoms with Gasteiger partial charge in [-0.2, -0.15) is 0 Å². The molecule has 1 unspecified atom stereocenters. The van der Waals surface area contributed by atoms with Gasteiger partial charge in [0.25, 0.3) is 5.69 Å². The van der Waals surface area contributed by atoms with Gasteiger partial charge in [0.2, 0.25) is 0 Å². The van der Waals surface area contributed by atoms with Crippen LogP contribution in [-0.2, 0) is 14.6 Å². The number of rotatable bonds is 5. The highest BCUT2D eigenvalue weighted by molar-refractivity contribution is 7.90. The summed E-state index contributed by atoms with van der Waals surface area (Å²) in [5.41, 5.74) is 0.261. The highest BCUT2D eigenvalue weighted by Gasteiger charge is 2.23. The topological polar surface area (TPSA) is 89.8 Å². The summed E-state index contributed by atoms with van der Waals surface area (Å²) in [4.78, 5) is 12.1. The molecular formula is C14H20N2O5S. The van der Waals surface area contributed by atoms with Gasteiger partial charge in [-0.25, -0.2) is 8.42 Å². The first-order valence-corrected chi connectivity index (χ1v) is 8.95. The fourth-order valence-corrected chi connectivity index (χ4v) is 3.60. The Morgan fingerprint density at radius 2 is 2.18 bits per heavy atom. The van der Waals surface area contributed by atoms with E-state index < -0.39 is 14.8 Å². The van der Waals surface area contributed by atoms with Gasteiger partial charge >= 0.3 is 0 Å². The van der Waals surface area contributed by atoms with Crippen LogP contribution in [0.25, 0.3) is 0 Å². The minimum absolute atomic E-state index is 0.0130. The molecule has 1 aromatic carbocycles. The second-order valence-electron chi connectivity index (χ2n) is 5.64. The monoisotopic (exact) mass is 328 g/mol. The van der Waals surface area contributed by atoms with E-state index in [1.54, 1.807) is 7.05 Å². The van der Waals surface area contributed by atoms with Crippen molar-refractivity contribution in [2.75, 3.05) is 38.0 Å². The van der Waals surface area contributed by atoms with Gasteiger partial charge in [-0.05, 0) is 24.8 Å². The molecule has 7 nitrogen and oxygen atoms in total. The van der Waals surface area contributed by atoms with Crippen molar-refractivity contribution in [2.24, 2.45) is 5.92 Å². The molecule has 1 aliphatic heterocycles. The molecule has 0 amide bonds. The van der Waals surface area contributed by atoms with Gasteiger partial charge in [0, 0.05) is 38.6 Å². The molecule has 0 saturated carbocycles. The zero-order chi connectivity index (χ0) is 16.3. The highest BCUT2D eigenvalue weighted by Crippen LogP contribution is 2.30. The zero-order valence-corrected chi connectivity index (χ0v) is 13.5. The van der Waals surface area contributed by atoms with Crippen LogP contribution in [0.3, 0.4) is 0 Å². The summed E-state index contributed by atoms with van der Waals surface area (Å²) in [7, 11) is -1.76. The largest absolute Gasteiger partial charge is 0.381 e. The smallest absolute Gasteiger partial charge is 0.270 e. The van der Waals surface area contributed by atoms with Crippen LogP contribution in [0.5, 0.6) is 0 Å². The van der Waals surface area contributed by atoms with Crippen LogP contribution in [0.4, 0.5) is 11.4 Å². The molecule has 1 saturated heterocycles. The van der Waals surface area contributed by atoms with Crippen LogP contribution in [0, 0.1) is 16.0 Å². The Labute approximate surface area is 129 Å². The second kappa shape index (κ2) is 6.62. The number of nitro benzene ring substituents is 1. The third kappa shape index (κ3) is 3.95. The van der Waals surface area contributed by atoms with Crippen LogP contribution < -0.4 is 4.90 Å². The molecule has 0 aliphatic carbocycles. The van der Waals surface area contributed by atoms with E-state index in [1.807, 2.05) is 4.90 Å². The average molecular weight is 328 g/mol. The van der Waals surface area contributed by atoms with Crippen molar-refractivity contribution in [3.63, 3.8) is 0 Å². The van der Waals surface area contributed by atoms with Crippen LogP contribution in [0.15, 0.2) is 23.1 Å². The molecular weight excluding hydrogens is 308 g/mol. The summed E-state index contributed by atoms with van der Waals surface area (Å²) in [6.45, 7) is 2.08. The summed E-state index contributed by atoms with van der Waals surface area (Å²) >= 11 is 0. The Balaban J connectivity index is 2.30. The number of sulfone groups is 1. The summed E-state index contributed by atoms with van der Waals surface area (Å²) in [5, 5.41) is 10.9. The van der Waals surface area contributed by atoms with E-state index in [0.29, 0.717) is 24.8 Å². The van der Waals surface area contributed by atoms with E-state index >= 15 is 0 Å². The van der Waals surface area contributed by atoms with Gasteiger partial charge in [0.15, 0.2) is 9.84 Å². The van der Waals surface area contributed by atoms with Gasteiger partial charge in [-0.3, -0.25) is 10.1 Å². The van der Waals surface area contributed by atoms with E-state index in [0.717, 1.165) is 31.8 Å². The van der Waals surface area contributed by atoms with Crippen LogP contribution in [0.2, 0.25) is 0 Å². The number of nitrogens with zero attached hydrogens (tertiary/aromatic N) is 2. The fraction of sp³-hybridized carbons (Fsp3) is 0.571. The number of benzene rings is 1. The molecule has 1 heterocycles. The van der Waals surface area contributed by atoms with Gasteiger partial charge in [0.1, 0.15) is 0 Å². The van der Waals surface area contributed by atoms with Crippen LogP contribution in [0.1, 0.15) is 12.8 Å². The molecule has 0 aromatic heterocycles. The molecule has 1 aromatic rings. The van der Waals surface area contributed by atoms with Crippen LogP contribution in [-0.4, -0.2) is 46.4 Å². The van der Waals surface area contributed by atoms with Crippen molar-refractivity contribution in [1.29, 1.82) is 0 Å². The van der Waals surface area contributed by atoms with E-state index in [4.69, 9.17) is 4.74 Å². The first-order chi connectivity index (χ1) is 10.3. The number of nitro groups is 1. The molecule has 122 valence electrons.